The molecule has 0 amide bonds. The van der Waals surface area contributed by atoms with Crippen LogP contribution in [0.25, 0.3) is 0 Å². The predicted octanol–water partition coefficient (Wildman–Crippen LogP) is 2.84. The van der Waals surface area contributed by atoms with Gasteiger partial charge in [-0.2, -0.15) is 0 Å². The molecule has 0 aliphatic heterocycles. The standard InChI is InChI=1S/C28H68O10Si8/c1-19(2)25(5,33-43(7,8)9)27(41-37-39,35-45(13,14)15)21(23(29)30)22(24(31)32)28(42-38-40,36-46(16,17)18)26(6,20(3)4)34-44(10,11)12/h19-20H,41-42H2,1-18,39-40H3,(H,29,30)(H,31,32). The van der Waals surface area contributed by atoms with Crippen molar-refractivity contribution in [2.24, 2.45) is 11.8 Å². The minimum atomic E-state index is -2.63. The zero-order valence-electron chi connectivity index (χ0n) is 32.7. The van der Waals surface area contributed by atoms with Crippen LogP contribution in [0.4, 0.5) is 0 Å². The van der Waals surface area contributed by atoms with Gasteiger partial charge < -0.3 is 36.1 Å². The van der Waals surface area contributed by atoms with Crippen molar-refractivity contribution in [3.63, 3.8) is 0 Å². The molecule has 0 aromatic rings. The molecule has 0 rings (SSSR count). The van der Waals surface area contributed by atoms with E-state index >= 15 is 0 Å². The van der Waals surface area contributed by atoms with Gasteiger partial charge in [0.25, 0.3) is 0 Å². The molecule has 0 bridgehead atoms. The van der Waals surface area contributed by atoms with Gasteiger partial charge in [-0.15, -0.1) is 0 Å². The molecule has 0 aromatic carbocycles. The first-order chi connectivity index (χ1) is 20.2. The minimum absolute atomic E-state index is 0.265. The summed E-state index contributed by atoms with van der Waals surface area (Å²) in [5.74, 6) is -3.28. The second kappa shape index (κ2) is 16.0. The van der Waals surface area contributed by atoms with E-state index in [0.717, 1.165) is 0 Å². The average Bonchev–Trinajstić information content (AvgIpc) is 2.76. The van der Waals surface area contributed by atoms with E-state index in [4.69, 9.17) is 25.9 Å². The van der Waals surface area contributed by atoms with Gasteiger partial charge in [-0.1, -0.05) is 27.7 Å². The first-order valence-electron chi connectivity index (χ1n) is 16.2. The average molecular weight is 790 g/mol. The second-order valence-corrected chi connectivity index (χ2v) is 42.2. The van der Waals surface area contributed by atoms with Gasteiger partial charge in [0.2, 0.25) is 0 Å². The predicted molar refractivity (Wildman–Crippen MR) is 211 cm³/mol. The lowest BCUT2D eigenvalue weighted by Gasteiger charge is -2.58. The molecule has 4 atom stereocenters. The highest BCUT2D eigenvalue weighted by Crippen LogP contribution is 2.51. The molecule has 0 fully saturated rings. The third-order valence-electron chi connectivity index (χ3n) is 7.99. The van der Waals surface area contributed by atoms with Gasteiger partial charge in [0.1, 0.15) is 31.4 Å². The van der Waals surface area contributed by atoms with Crippen molar-refractivity contribution in [1.82, 2.24) is 0 Å². The van der Waals surface area contributed by atoms with E-state index in [1.54, 1.807) is 0 Å². The third kappa shape index (κ3) is 11.1. The summed E-state index contributed by atoms with van der Waals surface area (Å²) in [5, 5.41) is 19.7. The lowest BCUT2D eigenvalue weighted by molar-refractivity contribution is -0.146. The van der Waals surface area contributed by atoms with Crippen LogP contribution < -0.4 is 0 Å². The maximum atomic E-state index is 14.1. The monoisotopic (exact) mass is 788 g/mol. The van der Waals surface area contributed by atoms with Gasteiger partial charge >= 0.3 is 11.9 Å². The highest BCUT2D eigenvalue weighted by molar-refractivity contribution is 6.72. The first kappa shape index (κ1) is 46.2. The summed E-state index contributed by atoms with van der Waals surface area (Å²) in [6.07, 6.45) is 0. The van der Waals surface area contributed by atoms with Gasteiger partial charge in [0.05, 0.1) is 22.3 Å². The summed E-state index contributed by atoms with van der Waals surface area (Å²) in [6, 6.07) is 0. The molecule has 0 heterocycles. The topological polar surface area (TPSA) is 130 Å². The van der Waals surface area contributed by atoms with Crippen LogP contribution >= 0.6 is 0 Å². The number of rotatable bonds is 20. The summed E-state index contributed by atoms with van der Waals surface area (Å²) < 4.78 is 40.8. The van der Waals surface area contributed by atoms with Crippen molar-refractivity contribution in [1.29, 1.82) is 0 Å². The van der Waals surface area contributed by atoms with Gasteiger partial charge in [0.15, 0.2) is 52.8 Å². The molecule has 46 heavy (non-hydrogen) atoms. The van der Waals surface area contributed by atoms with Gasteiger partial charge in [-0.05, 0) is 104 Å². The smallest absolute Gasteiger partial charge is 0.334 e. The zero-order valence-corrected chi connectivity index (χ0v) is 43.6. The van der Waals surface area contributed by atoms with Crippen LogP contribution in [-0.2, 0) is 35.5 Å². The number of carbonyl (C=O) groups is 2. The summed E-state index contributed by atoms with van der Waals surface area (Å²) in [7, 11) is -13.4. The van der Waals surface area contributed by atoms with Crippen LogP contribution in [-0.4, -0.2) is 118 Å². The van der Waals surface area contributed by atoms with E-state index in [9.17, 15) is 19.8 Å². The Labute approximate surface area is 294 Å². The Morgan fingerprint density at radius 2 is 0.761 bits per heavy atom. The fourth-order valence-electron chi connectivity index (χ4n) is 6.31. The Bertz CT molecular complexity index is 1010. The zero-order chi connectivity index (χ0) is 37.1. The van der Waals surface area contributed by atoms with Crippen molar-refractivity contribution < 1.29 is 45.7 Å². The lowest BCUT2D eigenvalue weighted by Crippen LogP contribution is -2.73. The summed E-state index contributed by atoms with van der Waals surface area (Å²) in [6.45, 7) is 36.0. The highest BCUT2D eigenvalue weighted by atomic mass is 28.4. The minimum Gasteiger partial charge on any atom is -0.478 e. The van der Waals surface area contributed by atoms with E-state index in [1.807, 2.05) is 80.8 Å². The van der Waals surface area contributed by atoms with Crippen molar-refractivity contribution in [3.05, 3.63) is 11.1 Å². The molecule has 18 heteroatoms. The fraction of sp³-hybridized carbons (Fsp3) is 0.857. The molecule has 0 aromatic heterocycles. The molecular weight excluding hydrogens is 721 g/mol. The number of carboxylic acids is 2. The van der Waals surface area contributed by atoms with E-state index in [2.05, 4.69) is 39.3 Å². The summed E-state index contributed by atoms with van der Waals surface area (Å²) >= 11 is 0. The molecule has 272 valence electrons. The van der Waals surface area contributed by atoms with Crippen LogP contribution in [0.3, 0.4) is 0 Å². The first-order valence-corrected chi connectivity index (χ1v) is 34.1. The quantitative estimate of drug-likeness (QED) is 0.141. The Morgan fingerprint density at radius 1 is 0.543 bits per heavy atom. The molecular formula is C28H68O10Si8. The van der Waals surface area contributed by atoms with Crippen molar-refractivity contribution in [2.45, 2.75) is 142 Å². The van der Waals surface area contributed by atoms with Gasteiger partial charge in [-0.3, -0.25) is 0 Å². The fourth-order valence-corrected chi connectivity index (χ4v) is 21.4. The maximum Gasteiger partial charge on any atom is 0.334 e. The van der Waals surface area contributed by atoms with Crippen LogP contribution in [0.5, 0.6) is 0 Å². The van der Waals surface area contributed by atoms with Gasteiger partial charge in [-0.25, -0.2) is 9.59 Å². The number of hydrogen-bond donors (Lipinski definition) is 2. The number of aliphatic carboxylic acids is 2. The number of carboxylic acid groups (broad SMARTS) is 2. The van der Waals surface area contributed by atoms with Crippen LogP contribution in [0.1, 0.15) is 41.5 Å². The molecule has 0 radical (unpaired) electrons. The van der Waals surface area contributed by atoms with Crippen molar-refractivity contribution in [3.8, 4) is 0 Å². The van der Waals surface area contributed by atoms with Crippen molar-refractivity contribution in [2.75, 3.05) is 0 Å². The highest BCUT2D eigenvalue weighted by Gasteiger charge is 2.66. The summed E-state index contributed by atoms with van der Waals surface area (Å²) in [4.78, 5) is 28.3. The summed E-state index contributed by atoms with van der Waals surface area (Å²) in [5.41, 5.74) is -3.17. The van der Waals surface area contributed by atoms with Gasteiger partial charge in [0, 0.05) is 0 Å². The Morgan fingerprint density at radius 3 is 0.891 bits per heavy atom. The molecule has 4 unspecified atom stereocenters. The molecule has 0 aliphatic rings. The van der Waals surface area contributed by atoms with Crippen molar-refractivity contribution >= 4 is 85.7 Å². The lowest BCUT2D eigenvalue weighted by atomic mass is 9.76. The van der Waals surface area contributed by atoms with E-state index < -0.39 is 86.4 Å². The van der Waals surface area contributed by atoms with Crippen LogP contribution in [0.15, 0.2) is 11.1 Å². The second-order valence-electron chi connectivity index (χ2n) is 17.3. The number of hydrogen-bond acceptors (Lipinski definition) is 8. The molecule has 0 saturated carbocycles. The SMILES string of the molecule is CC(C)C(C)(O[Si](C)(C)C)C(O[Si](C)(C)C)([SiH2]O[SiH3])C(C(=O)O)=C(C(=O)O)C(O[Si](C)(C)C)([SiH2]O[SiH3])C(C)(O[Si](C)(C)C)C(C)C. The third-order valence-corrected chi connectivity index (χ3v) is 18.1. The van der Waals surface area contributed by atoms with E-state index in [0.29, 0.717) is 21.0 Å². The van der Waals surface area contributed by atoms with E-state index in [-0.39, 0.29) is 23.0 Å². The normalized spacial score (nSPS) is 20.3. The Hall–Kier alpha value is 0.175. The molecule has 2 N–H and O–H groups in total. The molecule has 0 spiro atoms. The molecule has 0 aliphatic carbocycles. The molecule has 10 nitrogen and oxygen atoms in total. The van der Waals surface area contributed by atoms with E-state index in [1.165, 1.54) is 0 Å². The Kier molecular flexibility index (Phi) is 16.1. The largest absolute Gasteiger partial charge is 0.478 e. The Balaban J connectivity index is 9.48. The maximum absolute atomic E-state index is 14.1. The molecule has 0 saturated heterocycles. The van der Waals surface area contributed by atoms with Crippen LogP contribution in [0.2, 0.25) is 78.6 Å². The van der Waals surface area contributed by atoms with Crippen LogP contribution in [0, 0.1) is 11.8 Å².